The van der Waals surface area contributed by atoms with E-state index in [4.69, 9.17) is 0 Å². The normalized spacial score (nSPS) is 19.2. The number of aromatic nitrogens is 1. The number of carbonyl (C=O) groups is 2. The molecule has 5 heteroatoms. The molecule has 1 saturated carbocycles. The Labute approximate surface area is 131 Å². The Hall–Kier alpha value is -1.91. The van der Waals surface area contributed by atoms with Crippen LogP contribution in [0.3, 0.4) is 0 Å². The Balaban J connectivity index is 1.68. The quantitative estimate of drug-likeness (QED) is 0.932. The van der Waals surface area contributed by atoms with Crippen LogP contribution in [0.25, 0.3) is 0 Å². The van der Waals surface area contributed by atoms with Gasteiger partial charge in [-0.3, -0.25) is 9.59 Å². The van der Waals surface area contributed by atoms with Crippen molar-refractivity contribution in [3.63, 3.8) is 0 Å². The van der Waals surface area contributed by atoms with Gasteiger partial charge in [0.25, 0.3) is 11.8 Å². The molecule has 0 aromatic carbocycles. The minimum atomic E-state index is -0.166. The van der Waals surface area contributed by atoms with Crippen molar-refractivity contribution in [1.82, 2.24) is 15.2 Å². The fourth-order valence-electron chi connectivity index (χ4n) is 3.27. The van der Waals surface area contributed by atoms with Crippen LogP contribution >= 0.6 is 0 Å². The highest BCUT2D eigenvalue weighted by atomic mass is 16.2. The van der Waals surface area contributed by atoms with E-state index in [-0.39, 0.29) is 17.9 Å². The maximum atomic E-state index is 12.5. The summed E-state index contributed by atoms with van der Waals surface area (Å²) in [5, 5.41) is 3.01. The van der Waals surface area contributed by atoms with E-state index in [1.807, 2.05) is 4.90 Å². The average molecular weight is 301 g/mol. The first-order valence-corrected chi connectivity index (χ1v) is 8.31. The van der Waals surface area contributed by atoms with E-state index in [9.17, 15) is 9.59 Å². The third-order valence-corrected chi connectivity index (χ3v) is 4.53. The highest BCUT2D eigenvalue weighted by Crippen LogP contribution is 2.18. The lowest BCUT2D eigenvalue weighted by Crippen LogP contribution is -2.37. The fourth-order valence-corrected chi connectivity index (χ4v) is 3.27. The Morgan fingerprint density at radius 2 is 1.68 bits per heavy atom. The number of nitrogens with zero attached hydrogens (tertiary/aromatic N) is 2. The maximum Gasteiger partial charge on any atom is 0.272 e. The minimum absolute atomic E-state index is 0.0600. The van der Waals surface area contributed by atoms with Crippen molar-refractivity contribution in [2.75, 3.05) is 13.1 Å². The largest absolute Gasteiger partial charge is 0.348 e. The van der Waals surface area contributed by atoms with Gasteiger partial charge in [-0.25, -0.2) is 4.98 Å². The number of rotatable bonds is 3. The first-order chi connectivity index (χ1) is 10.7. The maximum absolute atomic E-state index is 12.5. The molecule has 2 fully saturated rings. The van der Waals surface area contributed by atoms with Crippen LogP contribution in [0.1, 0.15) is 65.9 Å². The summed E-state index contributed by atoms with van der Waals surface area (Å²) in [6.45, 7) is 1.58. The van der Waals surface area contributed by atoms with Gasteiger partial charge in [-0.05, 0) is 44.2 Å². The van der Waals surface area contributed by atoms with Gasteiger partial charge in [0.15, 0.2) is 0 Å². The molecule has 0 radical (unpaired) electrons. The number of nitrogens with one attached hydrogen (secondary N) is 1. The minimum Gasteiger partial charge on any atom is -0.348 e. The number of piperidine rings is 1. The van der Waals surface area contributed by atoms with Gasteiger partial charge in [-0.1, -0.05) is 18.9 Å². The third kappa shape index (κ3) is 3.46. The average Bonchev–Trinajstić information content (AvgIpc) is 3.08. The number of likely N-dealkylation sites (tertiary alicyclic amines) is 1. The Kier molecular flexibility index (Phi) is 4.71. The molecule has 0 spiro atoms. The predicted molar refractivity (Wildman–Crippen MR) is 83.7 cm³/mol. The van der Waals surface area contributed by atoms with Crippen molar-refractivity contribution in [2.24, 2.45) is 0 Å². The van der Waals surface area contributed by atoms with E-state index in [1.165, 1.54) is 19.3 Å². The molecule has 1 aromatic heterocycles. The molecule has 0 bridgehead atoms. The molecule has 0 unspecified atom stereocenters. The summed E-state index contributed by atoms with van der Waals surface area (Å²) in [6.07, 6.45) is 7.70. The molecule has 2 heterocycles. The summed E-state index contributed by atoms with van der Waals surface area (Å²) in [5.41, 5.74) is 0.718. The van der Waals surface area contributed by atoms with Crippen molar-refractivity contribution >= 4 is 11.8 Å². The number of hydrogen-bond acceptors (Lipinski definition) is 3. The van der Waals surface area contributed by atoms with Crippen LogP contribution in [0.4, 0.5) is 0 Å². The second-order valence-electron chi connectivity index (χ2n) is 6.22. The lowest BCUT2D eigenvalue weighted by Gasteiger charge is -2.26. The molecule has 0 atom stereocenters. The molecule has 1 aliphatic heterocycles. The van der Waals surface area contributed by atoms with Gasteiger partial charge in [0, 0.05) is 19.1 Å². The fraction of sp³-hybridized carbons (Fsp3) is 0.588. The Bertz CT molecular complexity index is 547. The third-order valence-electron chi connectivity index (χ3n) is 4.53. The van der Waals surface area contributed by atoms with Gasteiger partial charge in [0.1, 0.15) is 11.4 Å². The van der Waals surface area contributed by atoms with E-state index in [1.54, 1.807) is 18.2 Å². The molecule has 3 rings (SSSR count). The topological polar surface area (TPSA) is 62.3 Å². The van der Waals surface area contributed by atoms with E-state index in [0.717, 1.165) is 38.8 Å². The molecule has 1 N–H and O–H groups in total. The van der Waals surface area contributed by atoms with Crippen molar-refractivity contribution in [2.45, 2.75) is 51.0 Å². The highest BCUT2D eigenvalue weighted by molar-refractivity contribution is 5.96. The van der Waals surface area contributed by atoms with Crippen LogP contribution < -0.4 is 5.32 Å². The Morgan fingerprint density at radius 1 is 1.00 bits per heavy atom. The van der Waals surface area contributed by atoms with Gasteiger partial charge in [0.2, 0.25) is 0 Å². The first-order valence-electron chi connectivity index (χ1n) is 8.31. The molecule has 1 saturated heterocycles. The molecular weight excluding hydrogens is 278 g/mol. The molecule has 1 aliphatic carbocycles. The summed E-state index contributed by atoms with van der Waals surface area (Å²) in [6, 6.07) is 5.38. The molecular formula is C17H23N3O2. The van der Waals surface area contributed by atoms with Crippen LogP contribution in [0.15, 0.2) is 18.2 Å². The Morgan fingerprint density at radius 3 is 2.41 bits per heavy atom. The second-order valence-corrected chi connectivity index (χ2v) is 6.22. The molecule has 1 aromatic rings. The SMILES string of the molecule is O=C(NC1CCCC1)c1cccc(C(=O)N2CCCCC2)n1. The van der Waals surface area contributed by atoms with Gasteiger partial charge >= 0.3 is 0 Å². The monoisotopic (exact) mass is 301 g/mol. The molecule has 5 nitrogen and oxygen atoms in total. The number of amides is 2. The van der Waals surface area contributed by atoms with Crippen LogP contribution in [0, 0.1) is 0 Å². The smallest absolute Gasteiger partial charge is 0.272 e. The second kappa shape index (κ2) is 6.90. The van der Waals surface area contributed by atoms with E-state index >= 15 is 0 Å². The summed E-state index contributed by atoms with van der Waals surface area (Å²) < 4.78 is 0. The molecule has 2 aliphatic rings. The van der Waals surface area contributed by atoms with Crippen LogP contribution in [0.2, 0.25) is 0 Å². The molecule has 2 amide bonds. The molecule has 22 heavy (non-hydrogen) atoms. The van der Waals surface area contributed by atoms with Crippen molar-refractivity contribution < 1.29 is 9.59 Å². The first kappa shape index (κ1) is 15.0. The van der Waals surface area contributed by atoms with Crippen LogP contribution in [-0.4, -0.2) is 40.8 Å². The summed E-state index contributed by atoms with van der Waals surface area (Å²) in [5.74, 6) is -0.226. The van der Waals surface area contributed by atoms with Crippen LogP contribution in [-0.2, 0) is 0 Å². The predicted octanol–water partition coefficient (Wildman–Crippen LogP) is 2.38. The number of hydrogen-bond donors (Lipinski definition) is 1. The van der Waals surface area contributed by atoms with Crippen molar-refractivity contribution in [1.29, 1.82) is 0 Å². The highest BCUT2D eigenvalue weighted by Gasteiger charge is 2.22. The summed E-state index contributed by atoms with van der Waals surface area (Å²) in [4.78, 5) is 30.8. The lowest BCUT2D eigenvalue weighted by molar-refractivity contribution is 0.0718. The lowest BCUT2D eigenvalue weighted by atomic mass is 10.1. The zero-order valence-corrected chi connectivity index (χ0v) is 12.9. The summed E-state index contributed by atoms with van der Waals surface area (Å²) in [7, 11) is 0. The number of carbonyl (C=O) groups excluding carboxylic acids is 2. The molecule has 118 valence electrons. The van der Waals surface area contributed by atoms with E-state index in [2.05, 4.69) is 10.3 Å². The van der Waals surface area contributed by atoms with Crippen molar-refractivity contribution in [3.05, 3.63) is 29.6 Å². The van der Waals surface area contributed by atoms with Gasteiger partial charge < -0.3 is 10.2 Å². The van der Waals surface area contributed by atoms with E-state index in [0.29, 0.717) is 11.4 Å². The number of pyridine rings is 1. The standard InChI is InChI=1S/C17H23N3O2/c21-16(18-13-7-2-3-8-13)14-9-6-10-15(19-14)17(22)20-11-4-1-5-12-20/h6,9-10,13H,1-5,7-8,11-12H2,(H,18,21). The van der Waals surface area contributed by atoms with Crippen molar-refractivity contribution in [3.8, 4) is 0 Å². The zero-order valence-electron chi connectivity index (χ0n) is 12.9. The zero-order chi connectivity index (χ0) is 15.4. The van der Waals surface area contributed by atoms with E-state index < -0.39 is 0 Å². The summed E-state index contributed by atoms with van der Waals surface area (Å²) >= 11 is 0. The van der Waals surface area contributed by atoms with Gasteiger partial charge in [0.05, 0.1) is 0 Å². The van der Waals surface area contributed by atoms with Gasteiger partial charge in [-0.2, -0.15) is 0 Å². The van der Waals surface area contributed by atoms with Gasteiger partial charge in [-0.15, -0.1) is 0 Å². The van der Waals surface area contributed by atoms with Crippen LogP contribution in [0.5, 0.6) is 0 Å².